The van der Waals surface area contributed by atoms with E-state index in [0.29, 0.717) is 25.8 Å². The van der Waals surface area contributed by atoms with E-state index in [1.807, 2.05) is 7.05 Å². The van der Waals surface area contributed by atoms with E-state index in [4.69, 9.17) is 15.8 Å². The van der Waals surface area contributed by atoms with Gasteiger partial charge in [0.25, 0.3) is 0 Å². The van der Waals surface area contributed by atoms with Crippen molar-refractivity contribution in [1.82, 2.24) is 9.80 Å². The standard InChI is InChI=1S/C12H26BN3O4.3ClH/c1-15-6-8-16(9-7-15)10-12(14,11(17)18)4-2-3-5-13(19)20;;;/h19-20H,2-10,14H2,1H3,(H,17,18);3*1H. The molecule has 0 radical (unpaired) electrons. The van der Waals surface area contributed by atoms with Gasteiger partial charge >= 0.3 is 13.1 Å². The van der Waals surface area contributed by atoms with Crippen molar-refractivity contribution in [2.45, 2.75) is 31.1 Å². The molecular formula is C12H29BCl3N3O4. The summed E-state index contributed by atoms with van der Waals surface area (Å²) in [6, 6.07) is 0. The molecule has 0 aromatic heterocycles. The summed E-state index contributed by atoms with van der Waals surface area (Å²) in [5.41, 5.74) is 4.79. The molecule has 11 heteroatoms. The van der Waals surface area contributed by atoms with Gasteiger partial charge in [0.1, 0.15) is 5.54 Å². The van der Waals surface area contributed by atoms with Gasteiger partial charge in [-0.1, -0.05) is 12.8 Å². The molecule has 0 aliphatic carbocycles. The fourth-order valence-corrected chi connectivity index (χ4v) is 2.43. The second-order valence-corrected chi connectivity index (χ2v) is 5.77. The van der Waals surface area contributed by atoms with Crippen LogP contribution in [0.5, 0.6) is 0 Å². The van der Waals surface area contributed by atoms with Crippen LogP contribution in [0.1, 0.15) is 19.3 Å². The average Bonchev–Trinajstić information content (AvgIpc) is 2.37. The van der Waals surface area contributed by atoms with Crippen LogP contribution in [0.2, 0.25) is 6.32 Å². The minimum atomic E-state index is -1.33. The van der Waals surface area contributed by atoms with E-state index in [1.165, 1.54) is 0 Å². The monoisotopic (exact) mass is 395 g/mol. The maximum absolute atomic E-state index is 11.4. The van der Waals surface area contributed by atoms with Crippen LogP contribution in [0.3, 0.4) is 0 Å². The second kappa shape index (κ2) is 13.5. The lowest BCUT2D eigenvalue weighted by atomic mass is 9.82. The van der Waals surface area contributed by atoms with E-state index in [0.717, 1.165) is 26.2 Å². The van der Waals surface area contributed by atoms with E-state index in [1.54, 1.807) is 0 Å². The van der Waals surface area contributed by atoms with Gasteiger partial charge in [0, 0.05) is 32.7 Å². The third kappa shape index (κ3) is 10.6. The number of rotatable bonds is 8. The number of nitrogens with two attached hydrogens (primary N) is 1. The maximum Gasteiger partial charge on any atom is 0.451 e. The Bertz CT molecular complexity index is 324. The minimum absolute atomic E-state index is 0. The SMILES string of the molecule is CN1CCN(CC(N)(CCCCB(O)O)C(=O)O)CC1.Cl.Cl.Cl. The number of halogens is 3. The molecule has 1 saturated heterocycles. The van der Waals surface area contributed by atoms with Gasteiger partial charge < -0.3 is 25.8 Å². The molecule has 1 heterocycles. The van der Waals surface area contributed by atoms with Crippen LogP contribution in [0.25, 0.3) is 0 Å². The van der Waals surface area contributed by atoms with Gasteiger partial charge in [-0.25, -0.2) is 0 Å². The predicted octanol–water partition coefficient (Wildman–Crippen LogP) is -0.0756. The van der Waals surface area contributed by atoms with Gasteiger partial charge in [-0.3, -0.25) is 9.69 Å². The van der Waals surface area contributed by atoms with Gasteiger partial charge in [0.15, 0.2) is 0 Å². The fraction of sp³-hybridized carbons (Fsp3) is 0.917. The number of carboxylic acid groups (broad SMARTS) is 1. The summed E-state index contributed by atoms with van der Waals surface area (Å²) in [7, 11) is 0.717. The van der Waals surface area contributed by atoms with E-state index < -0.39 is 18.6 Å². The Hall–Kier alpha value is 0.205. The summed E-state index contributed by atoms with van der Waals surface area (Å²) in [5.74, 6) is -0.985. The van der Waals surface area contributed by atoms with Crippen LogP contribution in [0.4, 0.5) is 0 Å². The Morgan fingerprint density at radius 2 is 1.65 bits per heavy atom. The number of unbranched alkanes of at least 4 members (excludes halogenated alkanes) is 1. The highest BCUT2D eigenvalue weighted by molar-refractivity contribution is 6.40. The Balaban J connectivity index is -0.00000133. The number of nitrogens with zero attached hydrogens (tertiary/aromatic N) is 2. The van der Waals surface area contributed by atoms with E-state index >= 15 is 0 Å². The molecule has 7 nitrogen and oxygen atoms in total. The summed E-state index contributed by atoms with van der Waals surface area (Å²) in [5, 5.41) is 26.9. The number of carboxylic acids is 1. The Labute approximate surface area is 157 Å². The molecule has 0 saturated carbocycles. The quantitative estimate of drug-likeness (QED) is 0.336. The number of aliphatic carboxylic acids is 1. The van der Waals surface area contributed by atoms with Crippen LogP contribution >= 0.6 is 37.2 Å². The highest BCUT2D eigenvalue weighted by Gasteiger charge is 2.36. The molecule has 5 N–H and O–H groups in total. The molecule has 23 heavy (non-hydrogen) atoms. The molecule has 1 aliphatic rings. The highest BCUT2D eigenvalue weighted by atomic mass is 35.5. The fourth-order valence-electron chi connectivity index (χ4n) is 2.43. The first kappa shape index (κ1) is 28.0. The smallest absolute Gasteiger partial charge is 0.451 e. The molecule has 1 fully saturated rings. The Kier molecular flexibility index (Phi) is 16.4. The maximum atomic E-state index is 11.4. The van der Waals surface area contributed by atoms with Crippen molar-refractivity contribution in [2.24, 2.45) is 5.73 Å². The summed E-state index contributed by atoms with van der Waals surface area (Å²) >= 11 is 0. The first-order chi connectivity index (χ1) is 9.33. The molecule has 1 unspecified atom stereocenters. The van der Waals surface area contributed by atoms with Crippen molar-refractivity contribution in [2.75, 3.05) is 39.8 Å². The molecule has 0 spiro atoms. The van der Waals surface area contributed by atoms with Gasteiger partial charge in [0.2, 0.25) is 0 Å². The van der Waals surface area contributed by atoms with Crippen molar-refractivity contribution < 1.29 is 19.9 Å². The van der Waals surface area contributed by atoms with Crippen molar-refractivity contribution >= 4 is 50.3 Å². The van der Waals surface area contributed by atoms with Crippen molar-refractivity contribution in [1.29, 1.82) is 0 Å². The summed E-state index contributed by atoms with van der Waals surface area (Å²) in [4.78, 5) is 15.7. The average molecular weight is 397 g/mol. The Morgan fingerprint density at radius 1 is 1.13 bits per heavy atom. The highest BCUT2D eigenvalue weighted by Crippen LogP contribution is 2.16. The molecule has 140 valence electrons. The van der Waals surface area contributed by atoms with Crippen LogP contribution in [-0.4, -0.2) is 83.4 Å². The van der Waals surface area contributed by atoms with Gasteiger partial charge in [-0.15, -0.1) is 37.2 Å². The third-order valence-electron chi connectivity index (χ3n) is 3.86. The van der Waals surface area contributed by atoms with E-state index in [9.17, 15) is 9.90 Å². The van der Waals surface area contributed by atoms with Crippen molar-refractivity contribution in [3.05, 3.63) is 0 Å². The summed E-state index contributed by atoms with van der Waals surface area (Å²) in [6.07, 6.45) is 1.74. The van der Waals surface area contributed by atoms with Gasteiger partial charge in [0.05, 0.1) is 0 Å². The van der Waals surface area contributed by atoms with Crippen molar-refractivity contribution in [3.63, 3.8) is 0 Å². The molecule has 0 amide bonds. The van der Waals surface area contributed by atoms with Crippen LogP contribution < -0.4 is 5.73 Å². The Morgan fingerprint density at radius 3 is 2.09 bits per heavy atom. The molecular weight excluding hydrogens is 367 g/mol. The lowest BCUT2D eigenvalue weighted by Gasteiger charge is -2.37. The second-order valence-electron chi connectivity index (χ2n) is 5.77. The molecule has 1 atom stereocenters. The first-order valence-corrected chi connectivity index (χ1v) is 7.13. The number of piperazine rings is 1. The largest absolute Gasteiger partial charge is 0.480 e. The van der Waals surface area contributed by atoms with Gasteiger partial charge in [-0.05, 0) is 19.8 Å². The number of hydrogen-bond acceptors (Lipinski definition) is 6. The van der Waals surface area contributed by atoms with Crippen LogP contribution in [0, 0.1) is 0 Å². The minimum Gasteiger partial charge on any atom is -0.480 e. The molecule has 0 aromatic rings. The lowest BCUT2D eigenvalue weighted by Crippen LogP contribution is -2.59. The summed E-state index contributed by atoms with van der Waals surface area (Å²) < 4.78 is 0. The number of carbonyl (C=O) groups is 1. The lowest BCUT2D eigenvalue weighted by molar-refractivity contribution is -0.144. The molecule has 1 aliphatic heterocycles. The normalized spacial score (nSPS) is 17.9. The van der Waals surface area contributed by atoms with Crippen molar-refractivity contribution in [3.8, 4) is 0 Å². The zero-order valence-electron chi connectivity index (χ0n) is 13.4. The molecule has 0 bridgehead atoms. The number of likely N-dealkylation sites (N-methyl/N-ethyl adjacent to an activating group) is 1. The summed E-state index contributed by atoms with van der Waals surface area (Å²) in [6.45, 7) is 3.85. The molecule has 0 aromatic carbocycles. The topological polar surface area (TPSA) is 110 Å². The van der Waals surface area contributed by atoms with Gasteiger partial charge in [-0.2, -0.15) is 0 Å². The molecule has 1 rings (SSSR count). The van der Waals surface area contributed by atoms with Crippen LogP contribution in [0.15, 0.2) is 0 Å². The van der Waals surface area contributed by atoms with E-state index in [2.05, 4.69) is 9.80 Å². The van der Waals surface area contributed by atoms with E-state index in [-0.39, 0.29) is 43.5 Å². The zero-order chi connectivity index (χ0) is 15.2. The third-order valence-corrected chi connectivity index (χ3v) is 3.86. The predicted molar refractivity (Wildman–Crippen MR) is 99.1 cm³/mol. The zero-order valence-corrected chi connectivity index (χ0v) is 15.8. The number of hydrogen-bond donors (Lipinski definition) is 4. The first-order valence-electron chi connectivity index (χ1n) is 7.13. The van der Waals surface area contributed by atoms with Crippen LogP contribution in [-0.2, 0) is 4.79 Å².